The van der Waals surface area contributed by atoms with Crippen LogP contribution in [0, 0.1) is 12.7 Å². The minimum Gasteiger partial charge on any atom is -0.368 e. The number of carbonyl (C=O) groups excluding carboxylic acids is 2. The van der Waals surface area contributed by atoms with Crippen LogP contribution in [0.15, 0.2) is 42.5 Å². The molecule has 0 radical (unpaired) electrons. The van der Waals surface area contributed by atoms with Gasteiger partial charge < -0.3 is 15.1 Å². The van der Waals surface area contributed by atoms with E-state index in [1.165, 1.54) is 28.7 Å². The molecule has 0 bridgehead atoms. The van der Waals surface area contributed by atoms with E-state index in [9.17, 15) is 14.0 Å². The molecule has 7 heteroatoms. The van der Waals surface area contributed by atoms with Crippen LogP contribution < -0.4 is 15.1 Å². The molecule has 28 heavy (non-hydrogen) atoms. The van der Waals surface area contributed by atoms with E-state index >= 15 is 0 Å². The summed E-state index contributed by atoms with van der Waals surface area (Å²) < 4.78 is 14.4. The summed E-state index contributed by atoms with van der Waals surface area (Å²) in [5, 5.41) is 2.71. The molecule has 2 aliphatic rings. The summed E-state index contributed by atoms with van der Waals surface area (Å²) in [6.45, 7) is 5.56. The first-order valence-corrected chi connectivity index (χ1v) is 9.49. The van der Waals surface area contributed by atoms with E-state index in [0.717, 1.165) is 5.69 Å². The molecule has 0 spiro atoms. The van der Waals surface area contributed by atoms with Crippen LogP contribution in [-0.4, -0.2) is 56.1 Å². The molecule has 2 fully saturated rings. The van der Waals surface area contributed by atoms with Crippen LogP contribution in [0.1, 0.15) is 15.9 Å². The molecule has 3 amide bonds. The number of aryl methyl sites for hydroxylation is 1. The number of anilines is 2. The lowest BCUT2D eigenvalue weighted by Crippen LogP contribution is -2.49. The Morgan fingerprint density at radius 2 is 1.79 bits per heavy atom. The van der Waals surface area contributed by atoms with E-state index in [0.29, 0.717) is 45.0 Å². The summed E-state index contributed by atoms with van der Waals surface area (Å²) in [5.74, 6) is -0.891. The molecule has 2 aromatic carbocycles. The standard InChI is InChI=1S/C21H23FN4O2/c1-15-3-2-4-16(13-15)24-9-11-25(12-10-24)20(27)18-14-17(5-6-19(18)22)26-8-7-23-21(26)28/h2-6,13-14H,7-12H2,1H3,(H,23,28). The first-order valence-electron chi connectivity index (χ1n) is 9.49. The van der Waals surface area contributed by atoms with Gasteiger partial charge in [0, 0.05) is 50.6 Å². The van der Waals surface area contributed by atoms with Gasteiger partial charge in [-0.25, -0.2) is 9.18 Å². The number of benzene rings is 2. The fourth-order valence-corrected chi connectivity index (χ4v) is 3.73. The second-order valence-electron chi connectivity index (χ2n) is 7.17. The molecule has 0 unspecified atom stereocenters. The number of amides is 3. The Kier molecular flexibility index (Phi) is 4.90. The highest BCUT2D eigenvalue weighted by atomic mass is 19.1. The molecule has 2 heterocycles. The van der Waals surface area contributed by atoms with E-state index < -0.39 is 5.82 Å². The third-order valence-electron chi connectivity index (χ3n) is 5.28. The molecule has 0 atom stereocenters. The summed E-state index contributed by atoms with van der Waals surface area (Å²) in [6, 6.07) is 12.3. The van der Waals surface area contributed by atoms with Crippen LogP contribution in [0.25, 0.3) is 0 Å². The molecule has 1 N–H and O–H groups in total. The van der Waals surface area contributed by atoms with Crippen molar-refractivity contribution < 1.29 is 14.0 Å². The maximum Gasteiger partial charge on any atom is 0.321 e. The van der Waals surface area contributed by atoms with Gasteiger partial charge in [-0.3, -0.25) is 9.69 Å². The number of halogens is 1. The summed E-state index contributed by atoms with van der Waals surface area (Å²) in [5.41, 5.74) is 2.89. The van der Waals surface area contributed by atoms with E-state index in [4.69, 9.17) is 0 Å². The zero-order valence-corrected chi connectivity index (χ0v) is 15.8. The van der Waals surface area contributed by atoms with Crippen molar-refractivity contribution >= 4 is 23.3 Å². The molecule has 2 saturated heterocycles. The van der Waals surface area contributed by atoms with Gasteiger partial charge in [-0.2, -0.15) is 0 Å². The lowest BCUT2D eigenvalue weighted by Gasteiger charge is -2.36. The van der Waals surface area contributed by atoms with Gasteiger partial charge in [0.25, 0.3) is 5.91 Å². The van der Waals surface area contributed by atoms with Crippen LogP contribution in [-0.2, 0) is 0 Å². The Morgan fingerprint density at radius 1 is 1.00 bits per heavy atom. The molecule has 2 aliphatic heterocycles. The van der Waals surface area contributed by atoms with Crippen molar-refractivity contribution in [1.29, 1.82) is 0 Å². The number of nitrogens with zero attached hydrogens (tertiary/aromatic N) is 3. The minimum atomic E-state index is -0.561. The molecular formula is C21H23FN4O2. The van der Waals surface area contributed by atoms with Crippen molar-refractivity contribution in [2.45, 2.75) is 6.92 Å². The molecule has 2 aromatic rings. The van der Waals surface area contributed by atoms with Gasteiger partial charge in [-0.1, -0.05) is 12.1 Å². The fraction of sp³-hybridized carbons (Fsp3) is 0.333. The van der Waals surface area contributed by atoms with E-state index in [-0.39, 0.29) is 17.5 Å². The molecular weight excluding hydrogens is 359 g/mol. The van der Waals surface area contributed by atoms with E-state index in [2.05, 4.69) is 35.3 Å². The summed E-state index contributed by atoms with van der Waals surface area (Å²) in [4.78, 5) is 30.2. The summed E-state index contributed by atoms with van der Waals surface area (Å²) >= 11 is 0. The van der Waals surface area contributed by atoms with Crippen LogP contribution in [0.3, 0.4) is 0 Å². The van der Waals surface area contributed by atoms with Crippen molar-refractivity contribution in [3.8, 4) is 0 Å². The van der Waals surface area contributed by atoms with Gasteiger partial charge in [0.1, 0.15) is 5.82 Å². The Balaban J connectivity index is 1.47. The Labute approximate surface area is 163 Å². The third kappa shape index (κ3) is 3.52. The molecule has 0 saturated carbocycles. The first kappa shape index (κ1) is 18.3. The second-order valence-corrected chi connectivity index (χ2v) is 7.17. The molecule has 0 aromatic heterocycles. The number of rotatable bonds is 3. The number of piperazine rings is 1. The highest BCUT2D eigenvalue weighted by Crippen LogP contribution is 2.23. The minimum absolute atomic E-state index is 0.0150. The predicted octanol–water partition coefficient (Wildman–Crippen LogP) is 2.63. The fourth-order valence-electron chi connectivity index (χ4n) is 3.73. The molecule has 4 rings (SSSR count). The molecule has 6 nitrogen and oxygen atoms in total. The molecule has 0 aliphatic carbocycles. The number of hydrogen-bond donors (Lipinski definition) is 1. The quantitative estimate of drug-likeness (QED) is 0.888. The average molecular weight is 382 g/mol. The Bertz CT molecular complexity index is 909. The van der Waals surface area contributed by atoms with Gasteiger partial charge in [0.05, 0.1) is 5.56 Å². The van der Waals surface area contributed by atoms with Crippen LogP contribution >= 0.6 is 0 Å². The Morgan fingerprint density at radius 3 is 2.46 bits per heavy atom. The van der Waals surface area contributed by atoms with Gasteiger partial charge in [-0.15, -0.1) is 0 Å². The van der Waals surface area contributed by atoms with Crippen molar-refractivity contribution in [3.05, 3.63) is 59.4 Å². The summed E-state index contributed by atoms with van der Waals surface area (Å²) in [6.07, 6.45) is 0. The average Bonchev–Trinajstić information content (AvgIpc) is 3.14. The zero-order valence-electron chi connectivity index (χ0n) is 15.8. The summed E-state index contributed by atoms with van der Waals surface area (Å²) in [7, 11) is 0. The third-order valence-corrected chi connectivity index (χ3v) is 5.28. The van der Waals surface area contributed by atoms with Crippen molar-refractivity contribution in [2.75, 3.05) is 49.1 Å². The molecule has 146 valence electrons. The lowest BCUT2D eigenvalue weighted by molar-refractivity contribution is 0.0742. The Hall–Kier alpha value is -3.09. The van der Waals surface area contributed by atoms with Crippen LogP contribution in [0.5, 0.6) is 0 Å². The lowest BCUT2D eigenvalue weighted by atomic mass is 10.1. The monoisotopic (exact) mass is 382 g/mol. The second kappa shape index (κ2) is 7.50. The van der Waals surface area contributed by atoms with Crippen molar-refractivity contribution in [3.63, 3.8) is 0 Å². The zero-order chi connectivity index (χ0) is 19.7. The number of urea groups is 1. The SMILES string of the molecule is Cc1cccc(N2CCN(C(=O)c3cc(N4CCNC4=O)ccc3F)CC2)c1. The predicted molar refractivity (Wildman–Crippen MR) is 106 cm³/mol. The van der Waals surface area contributed by atoms with Gasteiger partial charge >= 0.3 is 6.03 Å². The number of hydrogen-bond acceptors (Lipinski definition) is 3. The number of nitrogens with one attached hydrogen (secondary N) is 1. The first-order chi connectivity index (χ1) is 13.5. The highest BCUT2D eigenvalue weighted by molar-refractivity contribution is 5.98. The highest BCUT2D eigenvalue weighted by Gasteiger charge is 2.27. The van der Waals surface area contributed by atoms with Crippen molar-refractivity contribution in [1.82, 2.24) is 10.2 Å². The topological polar surface area (TPSA) is 55.9 Å². The maximum absolute atomic E-state index is 14.4. The maximum atomic E-state index is 14.4. The van der Waals surface area contributed by atoms with E-state index in [1.54, 1.807) is 4.90 Å². The number of carbonyl (C=O) groups is 2. The largest absolute Gasteiger partial charge is 0.368 e. The smallest absolute Gasteiger partial charge is 0.321 e. The van der Waals surface area contributed by atoms with Gasteiger partial charge in [0.15, 0.2) is 0 Å². The normalized spacial score (nSPS) is 17.1. The van der Waals surface area contributed by atoms with Gasteiger partial charge in [0.2, 0.25) is 0 Å². The van der Waals surface area contributed by atoms with E-state index in [1.807, 2.05) is 6.07 Å². The van der Waals surface area contributed by atoms with Gasteiger partial charge in [-0.05, 0) is 42.8 Å². The van der Waals surface area contributed by atoms with Crippen LogP contribution in [0.2, 0.25) is 0 Å². The van der Waals surface area contributed by atoms with Crippen LogP contribution in [0.4, 0.5) is 20.6 Å². The van der Waals surface area contributed by atoms with Crippen molar-refractivity contribution in [2.24, 2.45) is 0 Å².